The van der Waals surface area contributed by atoms with E-state index in [2.05, 4.69) is 33.6 Å². The SMILES string of the molecule is CCc1cccc(C(=O)NC2CCC(Nc3nc(N(C)C)ncc3C)CC2)c1. The normalized spacial score (nSPS) is 19.1. The minimum absolute atomic E-state index is 0.0361. The van der Waals surface area contributed by atoms with Crippen LogP contribution < -0.4 is 15.5 Å². The number of hydrogen-bond donors (Lipinski definition) is 2. The lowest BCUT2D eigenvalue weighted by atomic mass is 9.91. The van der Waals surface area contributed by atoms with E-state index in [0.717, 1.165) is 49.0 Å². The van der Waals surface area contributed by atoms with Gasteiger partial charge in [-0.25, -0.2) is 4.98 Å². The highest BCUT2D eigenvalue weighted by molar-refractivity contribution is 5.94. The summed E-state index contributed by atoms with van der Waals surface area (Å²) in [5.74, 6) is 1.65. The number of carbonyl (C=O) groups excluding carboxylic acids is 1. The summed E-state index contributed by atoms with van der Waals surface area (Å²) in [6, 6.07) is 8.51. The molecule has 0 saturated heterocycles. The van der Waals surface area contributed by atoms with Crippen LogP contribution >= 0.6 is 0 Å². The van der Waals surface area contributed by atoms with Gasteiger partial charge in [0, 0.05) is 43.5 Å². The molecular formula is C22H31N5O. The number of hydrogen-bond acceptors (Lipinski definition) is 5. The van der Waals surface area contributed by atoms with Gasteiger partial charge in [-0.05, 0) is 56.7 Å². The Morgan fingerprint density at radius 1 is 1.18 bits per heavy atom. The Hall–Kier alpha value is -2.63. The van der Waals surface area contributed by atoms with Gasteiger partial charge in [0.2, 0.25) is 5.95 Å². The van der Waals surface area contributed by atoms with Crippen LogP contribution in [0, 0.1) is 6.92 Å². The molecule has 0 atom stereocenters. The first kappa shape index (κ1) is 20.1. The molecule has 2 aromatic rings. The molecule has 1 aliphatic carbocycles. The Morgan fingerprint density at radius 2 is 1.89 bits per heavy atom. The van der Waals surface area contributed by atoms with E-state index >= 15 is 0 Å². The number of nitrogens with one attached hydrogen (secondary N) is 2. The van der Waals surface area contributed by atoms with Crippen LogP contribution in [-0.2, 0) is 6.42 Å². The molecule has 1 aromatic carbocycles. The number of carbonyl (C=O) groups is 1. The number of rotatable bonds is 6. The molecule has 0 aliphatic heterocycles. The van der Waals surface area contributed by atoms with Gasteiger partial charge in [0.05, 0.1) is 0 Å². The van der Waals surface area contributed by atoms with Crippen LogP contribution in [-0.4, -0.2) is 42.1 Å². The number of benzene rings is 1. The van der Waals surface area contributed by atoms with Crippen molar-refractivity contribution in [2.24, 2.45) is 0 Å². The molecule has 1 heterocycles. The highest BCUT2D eigenvalue weighted by atomic mass is 16.1. The molecule has 28 heavy (non-hydrogen) atoms. The first-order chi connectivity index (χ1) is 13.5. The second-order valence-electron chi connectivity index (χ2n) is 7.82. The van der Waals surface area contributed by atoms with Gasteiger partial charge < -0.3 is 15.5 Å². The van der Waals surface area contributed by atoms with Gasteiger partial charge in [-0.15, -0.1) is 0 Å². The Bertz CT molecular complexity index is 812. The van der Waals surface area contributed by atoms with Crippen molar-refractivity contribution in [2.45, 2.75) is 58.0 Å². The van der Waals surface area contributed by atoms with Crippen LogP contribution in [0.3, 0.4) is 0 Å². The maximum atomic E-state index is 12.6. The van der Waals surface area contributed by atoms with Crippen LogP contribution in [0.2, 0.25) is 0 Å². The fraction of sp³-hybridized carbons (Fsp3) is 0.500. The maximum Gasteiger partial charge on any atom is 0.251 e. The molecule has 6 heteroatoms. The first-order valence-corrected chi connectivity index (χ1v) is 10.1. The van der Waals surface area contributed by atoms with E-state index in [0.29, 0.717) is 12.0 Å². The molecule has 150 valence electrons. The molecule has 0 unspecified atom stereocenters. The molecule has 1 saturated carbocycles. The summed E-state index contributed by atoms with van der Waals surface area (Å²) in [4.78, 5) is 23.4. The number of nitrogens with zero attached hydrogens (tertiary/aromatic N) is 3. The summed E-state index contributed by atoms with van der Waals surface area (Å²) < 4.78 is 0. The fourth-order valence-electron chi connectivity index (χ4n) is 3.57. The van der Waals surface area contributed by atoms with Crippen LogP contribution in [0.15, 0.2) is 30.5 Å². The molecule has 3 rings (SSSR count). The van der Waals surface area contributed by atoms with Crippen molar-refractivity contribution in [3.63, 3.8) is 0 Å². The predicted molar refractivity (Wildman–Crippen MR) is 114 cm³/mol. The van der Waals surface area contributed by atoms with Gasteiger partial charge in [-0.1, -0.05) is 19.1 Å². The van der Waals surface area contributed by atoms with Crippen LogP contribution in [0.5, 0.6) is 0 Å². The van der Waals surface area contributed by atoms with E-state index in [-0.39, 0.29) is 11.9 Å². The number of anilines is 2. The largest absolute Gasteiger partial charge is 0.367 e. The van der Waals surface area contributed by atoms with E-state index in [1.807, 2.05) is 50.3 Å². The Balaban J connectivity index is 1.53. The molecule has 1 amide bonds. The molecule has 0 bridgehead atoms. The van der Waals surface area contributed by atoms with Crippen molar-refractivity contribution in [3.05, 3.63) is 47.2 Å². The lowest BCUT2D eigenvalue weighted by Crippen LogP contribution is -2.40. The lowest BCUT2D eigenvalue weighted by Gasteiger charge is -2.30. The molecule has 1 fully saturated rings. The second-order valence-corrected chi connectivity index (χ2v) is 7.82. The molecule has 1 aromatic heterocycles. The van der Waals surface area contributed by atoms with Gasteiger partial charge in [-0.2, -0.15) is 4.98 Å². The highest BCUT2D eigenvalue weighted by Crippen LogP contribution is 2.24. The van der Waals surface area contributed by atoms with Gasteiger partial charge in [0.15, 0.2) is 0 Å². The summed E-state index contributed by atoms with van der Waals surface area (Å²) in [5.41, 5.74) is 3.00. The molecule has 2 N–H and O–H groups in total. The predicted octanol–water partition coefficient (Wildman–Crippen LogP) is 3.57. The molecule has 0 radical (unpaired) electrons. The van der Waals surface area contributed by atoms with E-state index in [9.17, 15) is 4.79 Å². The number of amides is 1. The second kappa shape index (κ2) is 9.04. The topological polar surface area (TPSA) is 70.2 Å². The number of aromatic nitrogens is 2. The first-order valence-electron chi connectivity index (χ1n) is 10.1. The Kier molecular flexibility index (Phi) is 6.49. The fourth-order valence-corrected chi connectivity index (χ4v) is 3.57. The zero-order valence-corrected chi connectivity index (χ0v) is 17.3. The molecule has 0 spiro atoms. The zero-order chi connectivity index (χ0) is 20.1. The standard InChI is InChI=1S/C22H31N5O/c1-5-16-7-6-8-17(13-16)21(28)25-19-11-9-18(10-12-19)24-20-15(2)14-23-22(26-20)27(3)4/h6-8,13-14,18-19H,5,9-12H2,1-4H3,(H,25,28)(H,23,24,26). The highest BCUT2D eigenvalue weighted by Gasteiger charge is 2.23. The van der Waals surface area contributed by atoms with Crippen LogP contribution in [0.4, 0.5) is 11.8 Å². The Labute approximate surface area is 167 Å². The minimum Gasteiger partial charge on any atom is -0.367 e. The lowest BCUT2D eigenvalue weighted by molar-refractivity contribution is 0.0926. The average Bonchev–Trinajstić information content (AvgIpc) is 2.71. The Morgan fingerprint density at radius 3 is 2.57 bits per heavy atom. The van der Waals surface area contributed by atoms with Gasteiger partial charge in [0.25, 0.3) is 5.91 Å². The quantitative estimate of drug-likeness (QED) is 0.801. The van der Waals surface area contributed by atoms with Crippen molar-refractivity contribution in [1.29, 1.82) is 0 Å². The zero-order valence-electron chi connectivity index (χ0n) is 17.3. The van der Waals surface area contributed by atoms with Crippen molar-refractivity contribution in [3.8, 4) is 0 Å². The average molecular weight is 382 g/mol. The summed E-state index contributed by atoms with van der Waals surface area (Å²) in [6.07, 6.45) is 6.78. The van der Waals surface area contributed by atoms with Crippen molar-refractivity contribution in [2.75, 3.05) is 24.3 Å². The van der Waals surface area contributed by atoms with Gasteiger partial charge >= 0.3 is 0 Å². The monoisotopic (exact) mass is 381 g/mol. The third-order valence-corrected chi connectivity index (χ3v) is 5.36. The molecule has 1 aliphatic rings. The van der Waals surface area contributed by atoms with Crippen molar-refractivity contribution < 1.29 is 4.79 Å². The van der Waals surface area contributed by atoms with E-state index in [1.165, 1.54) is 5.56 Å². The summed E-state index contributed by atoms with van der Waals surface area (Å²) in [5, 5.41) is 6.78. The van der Waals surface area contributed by atoms with Crippen molar-refractivity contribution in [1.82, 2.24) is 15.3 Å². The molecule has 6 nitrogen and oxygen atoms in total. The maximum absolute atomic E-state index is 12.6. The van der Waals surface area contributed by atoms with E-state index in [1.54, 1.807) is 0 Å². The van der Waals surface area contributed by atoms with Crippen LogP contribution in [0.1, 0.15) is 54.1 Å². The third-order valence-electron chi connectivity index (χ3n) is 5.36. The third kappa shape index (κ3) is 5.00. The van der Waals surface area contributed by atoms with Gasteiger partial charge in [-0.3, -0.25) is 4.79 Å². The number of aryl methyl sites for hydroxylation is 2. The summed E-state index contributed by atoms with van der Waals surface area (Å²) in [6.45, 7) is 4.13. The minimum atomic E-state index is 0.0361. The molecular weight excluding hydrogens is 350 g/mol. The summed E-state index contributed by atoms with van der Waals surface area (Å²) >= 11 is 0. The van der Waals surface area contributed by atoms with Crippen LogP contribution in [0.25, 0.3) is 0 Å². The smallest absolute Gasteiger partial charge is 0.251 e. The van der Waals surface area contributed by atoms with E-state index < -0.39 is 0 Å². The van der Waals surface area contributed by atoms with Crippen molar-refractivity contribution >= 4 is 17.7 Å². The summed E-state index contributed by atoms with van der Waals surface area (Å²) in [7, 11) is 3.89. The van der Waals surface area contributed by atoms with Gasteiger partial charge in [0.1, 0.15) is 5.82 Å². The van der Waals surface area contributed by atoms with E-state index in [4.69, 9.17) is 0 Å².